The fourth-order valence-electron chi connectivity index (χ4n) is 2.43. The van der Waals surface area contributed by atoms with Crippen LogP contribution in [0.15, 0.2) is 18.2 Å². The number of phenols is 1. The van der Waals surface area contributed by atoms with Crippen LogP contribution < -0.4 is 5.32 Å². The molecule has 4 nitrogen and oxygen atoms in total. The molecule has 0 bridgehead atoms. The molecule has 1 saturated heterocycles. The van der Waals surface area contributed by atoms with Crippen LogP contribution in [0.2, 0.25) is 0 Å². The Labute approximate surface area is 112 Å². The number of amides is 1. The highest BCUT2D eigenvalue weighted by Crippen LogP contribution is 2.19. The quantitative estimate of drug-likeness (QED) is 0.874. The molecule has 2 rings (SSSR count). The third-order valence-electron chi connectivity index (χ3n) is 3.41. The average Bonchev–Trinajstić information content (AvgIpc) is 2.36. The molecule has 1 aliphatic rings. The lowest BCUT2D eigenvalue weighted by molar-refractivity contribution is -0.119. The maximum atomic E-state index is 13.2. The number of rotatable bonds is 3. The summed E-state index contributed by atoms with van der Waals surface area (Å²) in [6.45, 7) is 3.97. The molecule has 0 radical (unpaired) electrons. The van der Waals surface area contributed by atoms with Crippen LogP contribution in [-0.4, -0.2) is 35.0 Å². The van der Waals surface area contributed by atoms with Crippen LogP contribution in [-0.2, 0) is 11.3 Å². The third-order valence-corrected chi connectivity index (χ3v) is 3.41. The summed E-state index contributed by atoms with van der Waals surface area (Å²) in [4.78, 5) is 13.2. The first kappa shape index (κ1) is 13.8. The molecule has 1 aromatic carbocycles. The zero-order valence-corrected chi connectivity index (χ0v) is 11.0. The highest BCUT2D eigenvalue weighted by Gasteiger charge is 2.19. The average molecular weight is 266 g/mol. The summed E-state index contributed by atoms with van der Waals surface area (Å²) < 4.78 is 13.2. The third kappa shape index (κ3) is 3.92. The van der Waals surface area contributed by atoms with Crippen molar-refractivity contribution in [3.63, 3.8) is 0 Å². The number of nitrogens with zero attached hydrogens (tertiary/aromatic N) is 1. The van der Waals surface area contributed by atoms with Gasteiger partial charge in [0, 0.05) is 32.6 Å². The van der Waals surface area contributed by atoms with Crippen LogP contribution >= 0.6 is 0 Å². The van der Waals surface area contributed by atoms with Crippen molar-refractivity contribution in [1.29, 1.82) is 0 Å². The van der Waals surface area contributed by atoms with Gasteiger partial charge in [0.05, 0.1) is 0 Å². The van der Waals surface area contributed by atoms with Gasteiger partial charge in [0.1, 0.15) is 0 Å². The van der Waals surface area contributed by atoms with Crippen LogP contribution in [0.25, 0.3) is 0 Å². The number of aromatic hydroxyl groups is 1. The van der Waals surface area contributed by atoms with Crippen molar-refractivity contribution >= 4 is 5.91 Å². The molecular formula is C14H19FN2O2. The molecule has 1 aromatic rings. The van der Waals surface area contributed by atoms with E-state index in [0.717, 1.165) is 31.5 Å². The zero-order chi connectivity index (χ0) is 13.8. The van der Waals surface area contributed by atoms with Gasteiger partial charge in [0.25, 0.3) is 0 Å². The van der Waals surface area contributed by atoms with Crippen molar-refractivity contribution in [1.82, 2.24) is 10.2 Å². The Morgan fingerprint density at radius 1 is 1.47 bits per heavy atom. The summed E-state index contributed by atoms with van der Waals surface area (Å²) in [5, 5.41) is 12.1. The van der Waals surface area contributed by atoms with E-state index >= 15 is 0 Å². The predicted molar refractivity (Wildman–Crippen MR) is 70.2 cm³/mol. The Morgan fingerprint density at radius 2 is 2.16 bits per heavy atom. The molecular weight excluding hydrogens is 247 g/mol. The molecule has 0 atom stereocenters. The van der Waals surface area contributed by atoms with Gasteiger partial charge < -0.3 is 10.4 Å². The minimum Gasteiger partial charge on any atom is -0.505 e. The number of phenolic OH excluding ortho intramolecular Hbond substituents is 1. The monoisotopic (exact) mass is 266 g/mol. The van der Waals surface area contributed by atoms with Crippen molar-refractivity contribution in [2.75, 3.05) is 13.1 Å². The van der Waals surface area contributed by atoms with Gasteiger partial charge >= 0.3 is 0 Å². The fraction of sp³-hybridized carbons (Fsp3) is 0.500. The number of likely N-dealkylation sites (tertiary alicyclic amines) is 1. The fourth-order valence-corrected chi connectivity index (χ4v) is 2.43. The lowest BCUT2D eigenvalue weighted by Gasteiger charge is -2.32. The molecule has 0 spiro atoms. The van der Waals surface area contributed by atoms with E-state index in [4.69, 9.17) is 5.11 Å². The van der Waals surface area contributed by atoms with Gasteiger partial charge in [-0.2, -0.15) is 0 Å². The van der Waals surface area contributed by atoms with Crippen LogP contribution in [0.3, 0.4) is 0 Å². The molecule has 1 fully saturated rings. The van der Waals surface area contributed by atoms with Gasteiger partial charge in [-0.25, -0.2) is 4.39 Å². The number of halogens is 1. The lowest BCUT2D eigenvalue weighted by atomic mass is 10.0. The number of hydrogen-bond acceptors (Lipinski definition) is 3. The van der Waals surface area contributed by atoms with Crippen molar-refractivity contribution in [3.8, 4) is 5.75 Å². The van der Waals surface area contributed by atoms with E-state index in [1.807, 2.05) is 0 Å². The second-order valence-corrected chi connectivity index (χ2v) is 5.04. The van der Waals surface area contributed by atoms with E-state index in [9.17, 15) is 9.18 Å². The Hall–Kier alpha value is -1.62. The molecule has 1 aliphatic heterocycles. The van der Waals surface area contributed by atoms with Crippen molar-refractivity contribution in [3.05, 3.63) is 29.6 Å². The number of benzene rings is 1. The normalized spacial score (nSPS) is 17.4. The predicted octanol–water partition coefficient (Wildman–Crippen LogP) is 1.63. The summed E-state index contributed by atoms with van der Waals surface area (Å²) in [5.41, 5.74) is 0.855. The molecule has 1 heterocycles. The zero-order valence-electron chi connectivity index (χ0n) is 11.0. The van der Waals surface area contributed by atoms with E-state index < -0.39 is 5.82 Å². The first-order chi connectivity index (χ1) is 9.04. The van der Waals surface area contributed by atoms with Gasteiger partial charge in [-0.15, -0.1) is 0 Å². The molecule has 0 aromatic heterocycles. The van der Waals surface area contributed by atoms with Crippen LogP contribution in [0, 0.1) is 5.82 Å². The van der Waals surface area contributed by atoms with Gasteiger partial charge in [-0.05, 0) is 30.5 Å². The summed E-state index contributed by atoms with van der Waals surface area (Å²) in [7, 11) is 0. The summed E-state index contributed by atoms with van der Waals surface area (Å²) >= 11 is 0. The highest BCUT2D eigenvalue weighted by atomic mass is 19.1. The minimum atomic E-state index is -0.578. The molecule has 0 unspecified atom stereocenters. The van der Waals surface area contributed by atoms with Crippen molar-refractivity contribution < 1.29 is 14.3 Å². The van der Waals surface area contributed by atoms with E-state index in [2.05, 4.69) is 10.2 Å². The van der Waals surface area contributed by atoms with E-state index in [1.165, 1.54) is 19.1 Å². The molecule has 5 heteroatoms. The SMILES string of the molecule is CC(=O)NC1CCN(Cc2ccc(O)c(F)c2)CC1. The maximum absolute atomic E-state index is 13.2. The van der Waals surface area contributed by atoms with Crippen LogP contribution in [0.4, 0.5) is 4.39 Å². The van der Waals surface area contributed by atoms with Crippen LogP contribution in [0.5, 0.6) is 5.75 Å². The van der Waals surface area contributed by atoms with E-state index in [-0.39, 0.29) is 17.7 Å². The second-order valence-electron chi connectivity index (χ2n) is 5.04. The summed E-state index contributed by atoms with van der Waals surface area (Å²) in [6.07, 6.45) is 1.83. The first-order valence-corrected chi connectivity index (χ1v) is 6.51. The van der Waals surface area contributed by atoms with Crippen molar-refractivity contribution in [2.24, 2.45) is 0 Å². The standard InChI is InChI=1S/C14H19FN2O2/c1-10(18)16-12-4-6-17(7-5-12)9-11-2-3-14(19)13(15)8-11/h2-3,8,12,19H,4-7,9H2,1H3,(H,16,18). The Morgan fingerprint density at radius 3 is 2.74 bits per heavy atom. The number of piperidine rings is 1. The topological polar surface area (TPSA) is 52.6 Å². The minimum absolute atomic E-state index is 0.0130. The lowest BCUT2D eigenvalue weighted by Crippen LogP contribution is -2.43. The number of nitrogens with one attached hydrogen (secondary N) is 1. The summed E-state index contributed by atoms with van der Waals surface area (Å²) in [5.74, 6) is -0.877. The smallest absolute Gasteiger partial charge is 0.217 e. The number of carbonyl (C=O) groups is 1. The number of carbonyl (C=O) groups excluding carboxylic acids is 1. The molecule has 19 heavy (non-hydrogen) atoms. The van der Waals surface area contributed by atoms with E-state index in [0.29, 0.717) is 6.54 Å². The Balaban J connectivity index is 1.85. The largest absolute Gasteiger partial charge is 0.505 e. The Kier molecular flexibility index (Phi) is 4.37. The van der Waals surface area contributed by atoms with Gasteiger partial charge in [0.2, 0.25) is 5.91 Å². The number of hydrogen-bond donors (Lipinski definition) is 2. The molecule has 2 N–H and O–H groups in total. The van der Waals surface area contributed by atoms with Crippen LogP contribution in [0.1, 0.15) is 25.3 Å². The van der Waals surface area contributed by atoms with Gasteiger partial charge in [0.15, 0.2) is 11.6 Å². The second kappa shape index (κ2) is 6.02. The molecule has 104 valence electrons. The molecule has 1 amide bonds. The van der Waals surface area contributed by atoms with Crippen molar-refractivity contribution in [2.45, 2.75) is 32.4 Å². The maximum Gasteiger partial charge on any atom is 0.217 e. The molecule has 0 aliphatic carbocycles. The van der Waals surface area contributed by atoms with Gasteiger partial charge in [-0.1, -0.05) is 6.07 Å². The molecule has 0 saturated carbocycles. The van der Waals surface area contributed by atoms with Gasteiger partial charge in [-0.3, -0.25) is 9.69 Å². The van der Waals surface area contributed by atoms with E-state index in [1.54, 1.807) is 6.07 Å². The first-order valence-electron chi connectivity index (χ1n) is 6.51. The Bertz CT molecular complexity index is 457. The highest BCUT2D eigenvalue weighted by molar-refractivity contribution is 5.73. The summed E-state index contributed by atoms with van der Waals surface area (Å²) in [6, 6.07) is 4.74.